The Kier molecular flexibility index (Phi) is 3.62. The van der Waals surface area contributed by atoms with Gasteiger partial charge in [-0.3, -0.25) is 4.99 Å². The van der Waals surface area contributed by atoms with E-state index < -0.39 is 5.82 Å². The van der Waals surface area contributed by atoms with Crippen LogP contribution in [0.4, 0.5) is 10.1 Å². The lowest BCUT2D eigenvalue weighted by Crippen LogP contribution is -2.07. The Morgan fingerprint density at radius 3 is 2.56 bits per heavy atom. The molecule has 0 amide bonds. The predicted molar refractivity (Wildman–Crippen MR) is 69.4 cm³/mol. The smallest absolute Gasteiger partial charge is 0.161 e. The third-order valence-corrected chi connectivity index (χ3v) is 3.65. The van der Waals surface area contributed by atoms with E-state index in [1.165, 1.54) is 12.1 Å². The molecule has 86 valence electrons. The molecule has 1 atom stereocenters. The maximum absolute atomic E-state index is 13.0. The summed E-state index contributed by atoms with van der Waals surface area (Å²) in [5.74, 6) is -0.449. The fourth-order valence-electron chi connectivity index (χ4n) is 1.31. The molecule has 0 aromatic heterocycles. The minimum absolute atomic E-state index is 0.257. The molecule has 1 N–H and O–H groups in total. The summed E-state index contributed by atoms with van der Waals surface area (Å²) in [5.41, 5.74) is 0.505. The minimum Gasteiger partial charge on any atom is -0.333 e. The van der Waals surface area contributed by atoms with E-state index in [4.69, 9.17) is 23.2 Å². The molecule has 0 radical (unpaired) electrons. The molecule has 0 saturated carbocycles. The van der Waals surface area contributed by atoms with Crippen LogP contribution in [-0.2, 0) is 0 Å². The SMILES string of the molecule is CC1CN=C(Nc2c(Cl)cc(F)cc2Cl)S1. The van der Waals surface area contributed by atoms with Crippen molar-refractivity contribution in [2.24, 2.45) is 4.99 Å². The molecule has 16 heavy (non-hydrogen) atoms. The standard InChI is InChI=1S/C10H9Cl2FN2S/c1-5-4-14-10(16-5)15-9-7(11)2-6(13)3-8(9)12/h2-3,5H,4H2,1H3,(H,14,15). The lowest BCUT2D eigenvalue weighted by Gasteiger charge is -2.10. The Balaban J connectivity index is 2.22. The van der Waals surface area contributed by atoms with Crippen molar-refractivity contribution in [3.63, 3.8) is 0 Å². The van der Waals surface area contributed by atoms with Crippen LogP contribution in [0.15, 0.2) is 17.1 Å². The van der Waals surface area contributed by atoms with Gasteiger partial charge in [0.2, 0.25) is 0 Å². The van der Waals surface area contributed by atoms with Crippen LogP contribution in [0.25, 0.3) is 0 Å². The van der Waals surface area contributed by atoms with E-state index in [0.717, 1.165) is 11.7 Å². The van der Waals surface area contributed by atoms with Gasteiger partial charge < -0.3 is 5.32 Å². The van der Waals surface area contributed by atoms with E-state index in [9.17, 15) is 4.39 Å². The zero-order chi connectivity index (χ0) is 11.7. The van der Waals surface area contributed by atoms with Gasteiger partial charge in [-0.2, -0.15) is 0 Å². The fourth-order valence-corrected chi connectivity index (χ4v) is 2.71. The monoisotopic (exact) mass is 278 g/mol. The molecule has 0 spiro atoms. The van der Waals surface area contributed by atoms with E-state index >= 15 is 0 Å². The Bertz CT molecular complexity index is 427. The summed E-state index contributed by atoms with van der Waals surface area (Å²) in [7, 11) is 0. The largest absolute Gasteiger partial charge is 0.333 e. The summed E-state index contributed by atoms with van der Waals surface area (Å²) < 4.78 is 13.0. The zero-order valence-corrected chi connectivity index (χ0v) is 10.8. The van der Waals surface area contributed by atoms with Crippen molar-refractivity contribution in [1.82, 2.24) is 0 Å². The van der Waals surface area contributed by atoms with Crippen molar-refractivity contribution in [2.75, 3.05) is 11.9 Å². The van der Waals surface area contributed by atoms with Crippen LogP contribution in [0.1, 0.15) is 6.92 Å². The van der Waals surface area contributed by atoms with Gasteiger partial charge in [0.15, 0.2) is 5.17 Å². The third-order valence-electron chi connectivity index (χ3n) is 2.04. The second-order valence-corrected chi connectivity index (χ2v) is 5.69. The number of aliphatic imine (C=N–C) groups is 1. The molecule has 1 aromatic carbocycles. The minimum atomic E-state index is -0.449. The molecule has 2 nitrogen and oxygen atoms in total. The number of anilines is 1. The van der Waals surface area contributed by atoms with Crippen molar-refractivity contribution in [1.29, 1.82) is 0 Å². The average molecular weight is 279 g/mol. The number of hydrogen-bond donors (Lipinski definition) is 1. The van der Waals surface area contributed by atoms with E-state index in [-0.39, 0.29) is 10.0 Å². The number of thioether (sulfide) groups is 1. The Hall–Kier alpha value is -0.450. The van der Waals surface area contributed by atoms with Crippen LogP contribution in [0.3, 0.4) is 0 Å². The molecule has 1 unspecified atom stereocenters. The van der Waals surface area contributed by atoms with Crippen molar-refractivity contribution in [3.05, 3.63) is 28.0 Å². The molecule has 6 heteroatoms. The van der Waals surface area contributed by atoms with Gasteiger partial charge >= 0.3 is 0 Å². The Labute approximate surface area is 107 Å². The van der Waals surface area contributed by atoms with Crippen LogP contribution in [0.2, 0.25) is 10.0 Å². The molecule has 0 bridgehead atoms. The van der Waals surface area contributed by atoms with Crippen molar-refractivity contribution in [3.8, 4) is 0 Å². The zero-order valence-electron chi connectivity index (χ0n) is 8.43. The average Bonchev–Trinajstić information content (AvgIpc) is 2.58. The van der Waals surface area contributed by atoms with Gasteiger partial charge in [-0.25, -0.2) is 4.39 Å². The van der Waals surface area contributed by atoms with Crippen LogP contribution in [0, 0.1) is 5.82 Å². The van der Waals surface area contributed by atoms with Gasteiger partial charge in [0.1, 0.15) is 5.82 Å². The predicted octanol–water partition coefficient (Wildman–Crippen LogP) is 4.04. The summed E-state index contributed by atoms with van der Waals surface area (Å²) in [5, 5.41) is 4.74. The van der Waals surface area contributed by atoms with Crippen LogP contribution < -0.4 is 5.32 Å². The number of halogens is 3. The lowest BCUT2D eigenvalue weighted by atomic mass is 10.3. The third kappa shape index (κ3) is 2.62. The normalized spacial score (nSPS) is 19.8. The van der Waals surface area contributed by atoms with E-state index in [1.54, 1.807) is 11.8 Å². The molecular weight excluding hydrogens is 270 g/mol. The molecule has 1 aromatic rings. The first-order valence-corrected chi connectivity index (χ1v) is 6.32. The summed E-state index contributed by atoms with van der Waals surface area (Å²) in [6.45, 7) is 2.85. The second-order valence-electron chi connectivity index (χ2n) is 3.44. The molecule has 1 aliphatic heterocycles. The van der Waals surface area contributed by atoms with Gasteiger partial charge in [0.05, 0.1) is 22.3 Å². The molecule has 0 saturated heterocycles. The first-order chi connectivity index (χ1) is 7.56. The van der Waals surface area contributed by atoms with E-state index in [2.05, 4.69) is 17.2 Å². The first-order valence-electron chi connectivity index (χ1n) is 4.69. The number of nitrogens with zero attached hydrogens (tertiary/aromatic N) is 1. The summed E-state index contributed by atoms with van der Waals surface area (Å²) in [6, 6.07) is 2.44. The number of hydrogen-bond acceptors (Lipinski definition) is 3. The molecule has 0 fully saturated rings. The highest BCUT2D eigenvalue weighted by Crippen LogP contribution is 2.33. The van der Waals surface area contributed by atoms with Crippen molar-refractivity contribution in [2.45, 2.75) is 12.2 Å². The molecule has 1 aliphatic rings. The summed E-state index contributed by atoms with van der Waals surface area (Å²) in [4.78, 5) is 4.27. The highest BCUT2D eigenvalue weighted by molar-refractivity contribution is 8.15. The quantitative estimate of drug-likeness (QED) is 0.839. The Morgan fingerprint density at radius 2 is 2.06 bits per heavy atom. The molecular formula is C10H9Cl2FN2S. The number of nitrogens with one attached hydrogen (secondary N) is 1. The maximum atomic E-state index is 13.0. The highest BCUT2D eigenvalue weighted by Gasteiger charge is 2.17. The van der Waals surface area contributed by atoms with Crippen LogP contribution in [-0.4, -0.2) is 17.0 Å². The summed E-state index contributed by atoms with van der Waals surface area (Å²) in [6.07, 6.45) is 0. The molecule has 2 rings (SSSR count). The topological polar surface area (TPSA) is 24.4 Å². The van der Waals surface area contributed by atoms with Crippen LogP contribution in [0.5, 0.6) is 0 Å². The maximum Gasteiger partial charge on any atom is 0.161 e. The molecule has 1 heterocycles. The van der Waals surface area contributed by atoms with E-state index in [1.807, 2.05) is 0 Å². The first kappa shape index (κ1) is 12.0. The second kappa shape index (κ2) is 4.82. The fraction of sp³-hybridized carbons (Fsp3) is 0.300. The van der Waals surface area contributed by atoms with Crippen molar-refractivity contribution >= 4 is 45.8 Å². The number of rotatable bonds is 1. The van der Waals surface area contributed by atoms with Gasteiger partial charge in [-0.05, 0) is 12.1 Å². The lowest BCUT2D eigenvalue weighted by molar-refractivity contribution is 0.628. The van der Waals surface area contributed by atoms with Gasteiger partial charge in [-0.1, -0.05) is 41.9 Å². The van der Waals surface area contributed by atoms with E-state index in [0.29, 0.717) is 10.9 Å². The van der Waals surface area contributed by atoms with Gasteiger partial charge in [0, 0.05) is 5.25 Å². The Morgan fingerprint density at radius 1 is 1.44 bits per heavy atom. The van der Waals surface area contributed by atoms with Gasteiger partial charge in [-0.15, -0.1) is 0 Å². The van der Waals surface area contributed by atoms with Gasteiger partial charge in [0.25, 0.3) is 0 Å². The summed E-state index contributed by atoms with van der Waals surface area (Å²) >= 11 is 13.4. The van der Waals surface area contributed by atoms with Crippen molar-refractivity contribution < 1.29 is 4.39 Å². The van der Waals surface area contributed by atoms with Crippen LogP contribution >= 0.6 is 35.0 Å². The number of benzene rings is 1. The highest BCUT2D eigenvalue weighted by atomic mass is 35.5. The molecule has 0 aliphatic carbocycles. The number of amidine groups is 1.